The molecule has 0 saturated carbocycles. The van der Waals surface area contributed by atoms with Crippen LogP contribution in [-0.4, -0.2) is 36.3 Å². The van der Waals surface area contributed by atoms with E-state index in [1.807, 2.05) is 6.92 Å². The van der Waals surface area contributed by atoms with Gasteiger partial charge in [-0.3, -0.25) is 14.4 Å². The van der Waals surface area contributed by atoms with E-state index >= 15 is 0 Å². The second-order valence-electron chi connectivity index (χ2n) is 7.62. The number of rotatable bonds is 6. The van der Waals surface area contributed by atoms with E-state index in [0.717, 1.165) is 31.6 Å². The monoisotopic (exact) mass is 391 g/mol. The maximum absolute atomic E-state index is 13.2. The summed E-state index contributed by atoms with van der Waals surface area (Å²) in [6, 6.07) is 1.73. The van der Waals surface area contributed by atoms with Crippen molar-refractivity contribution >= 4 is 21.4 Å². The summed E-state index contributed by atoms with van der Waals surface area (Å²) in [5.41, 5.74) is 2.60. The summed E-state index contributed by atoms with van der Waals surface area (Å²) < 4.78 is 30.9. The first-order chi connectivity index (χ1) is 12.8. The molecule has 0 bridgehead atoms. The molecule has 0 aromatic carbocycles. The molecule has 27 heavy (non-hydrogen) atoms. The van der Waals surface area contributed by atoms with Crippen LogP contribution in [0.1, 0.15) is 44.5 Å². The van der Waals surface area contributed by atoms with Gasteiger partial charge in [0.2, 0.25) is 0 Å². The molecule has 3 rings (SSSR count). The molecule has 2 aromatic rings. The minimum Gasteiger partial charge on any atom is -0.369 e. The van der Waals surface area contributed by atoms with Gasteiger partial charge in [0.1, 0.15) is 4.90 Å². The highest BCUT2D eigenvalue weighted by Crippen LogP contribution is 2.30. The van der Waals surface area contributed by atoms with Gasteiger partial charge in [-0.2, -0.15) is 5.10 Å². The third-order valence-electron chi connectivity index (χ3n) is 4.86. The molecule has 0 unspecified atom stereocenters. The summed E-state index contributed by atoms with van der Waals surface area (Å²) in [4.78, 5) is 6.67. The van der Waals surface area contributed by atoms with Crippen molar-refractivity contribution in [3.63, 3.8) is 0 Å². The van der Waals surface area contributed by atoms with E-state index in [2.05, 4.69) is 33.6 Å². The molecule has 0 amide bonds. The predicted octanol–water partition coefficient (Wildman–Crippen LogP) is 3.34. The van der Waals surface area contributed by atoms with Crippen LogP contribution >= 0.6 is 0 Å². The lowest BCUT2D eigenvalue weighted by atomic mass is 10.1. The zero-order valence-electron chi connectivity index (χ0n) is 16.6. The van der Waals surface area contributed by atoms with E-state index in [-0.39, 0.29) is 4.90 Å². The zero-order valence-corrected chi connectivity index (χ0v) is 17.4. The Bertz CT molecular complexity index is 899. The van der Waals surface area contributed by atoms with Crippen LogP contribution in [0.4, 0.5) is 11.4 Å². The molecule has 8 heteroatoms. The number of nitrogens with zero attached hydrogens (tertiary/aromatic N) is 4. The first-order valence-electron chi connectivity index (χ1n) is 9.55. The van der Waals surface area contributed by atoms with E-state index in [4.69, 9.17) is 0 Å². The van der Waals surface area contributed by atoms with E-state index < -0.39 is 10.0 Å². The zero-order chi connectivity index (χ0) is 19.6. The number of hydrogen-bond acceptors (Lipinski definition) is 5. The van der Waals surface area contributed by atoms with Crippen LogP contribution in [-0.2, 0) is 16.6 Å². The number of aromatic nitrogens is 3. The van der Waals surface area contributed by atoms with E-state index in [1.54, 1.807) is 30.1 Å². The van der Waals surface area contributed by atoms with Gasteiger partial charge in [0.05, 0.1) is 29.0 Å². The summed E-state index contributed by atoms with van der Waals surface area (Å²) in [6.07, 6.45) is 6.80. The fourth-order valence-electron chi connectivity index (χ4n) is 3.65. The topological polar surface area (TPSA) is 80.1 Å². The number of aryl methyl sites for hydroxylation is 1. The lowest BCUT2D eigenvalue weighted by molar-refractivity contribution is 0.472. The van der Waals surface area contributed by atoms with Crippen LogP contribution < -0.4 is 9.62 Å². The van der Waals surface area contributed by atoms with Crippen molar-refractivity contribution < 1.29 is 8.42 Å². The summed E-state index contributed by atoms with van der Waals surface area (Å²) in [5, 5.41) is 4.45. The lowest BCUT2D eigenvalue weighted by Crippen LogP contribution is -2.30. The quantitative estimate of drug-likeness (QED) is 0.817. The Hall–Kier alpha value is -2.09. The van der Waals surface area contributed by atoms with E-state index in [1.165, 1.54) is 6.42 Å². The van der Waals surface area contributed by atoms with Crippen LogP contribution in [0.15, 0.2) is 23.4 Å². The second-order valence-corrected chi connectivity index (χ2v) is 9.24. The number of piperidine rings is 1. The van der Waals surface area contributed by atoms with E-state index in [0.29, 0.717) is 29.5 Å². The van der Waals surface area contributed by atoms with Crippen molar-refractivity contribution in [1.29, 1.82) is 0 Å². The van der Waals surface area contributed by atoms with Crippen LogP contribution in [0.3, 0.4) is 0 Å². The number of hydrogen-bond donors (Lipinski definition) is 1. The van der Waals surface area contributed by atoms with Gasteiger partial charge in [0.15, 0.2) is 0 Å². The van der Waals surface area contributed by atoms with Gasteiger partial charge < -0.3 is 4.90 Å². The third kappa shape index (κ3) is 4.26. The molecule has 2 aromatic heterocycles. The maximum Gasteiger partial charge on any atom is 0.265 e. The highest BCUT2D eigenvalue weighted by molar-refractivity contribution is 7.92. The van der Waals surface area contributed by atoms with Crippen molar-refractivity contribution in [1.82, 2.24) is 14.8 Å². The molecule has 7 nitrogen and oxygen atoms in total. The van der Waals surface area contributed by atoms with Gasteiger partial charge in [-0.25, -0.2) is 8.42 Å². The molecule has 148 valence electrons. The fraction of sp³-hybridized carbons (Fsp3) is 0.579. The number of sulfonamides is 1. The Morgan fingerprint density at radius 3 is 2.56 bits per heavy atom. The standard InChI is InChI=1S/C19H29N5O2S/c1-14(2)13-24-16(4)19(15(3)21-24)27(25,26)22-17-8-9-20-12-18(17)23-10-6-5-7-11-23/h8-9,12,14H,5-7,10-11,13H2,1-4H3,(H,20,22). The van der Waals surface area contributed by atoms with Crippen LogP contribution in [0, 0.1) is 19.8 Å². The lowest BCUT2D eigenvalue weighted by Gasteiger charge is -2.30. The van der Waals surface area contributed by atoms with Gasteiger partial charge in [-0.15, -0.1) is 0 Å². The van der Waals surface area contributed by atoms with Crippen molar-refractivity contribution in [3.8, 4) is 0 Å². The van der Waals surface area contributed by atoms with Gasteiger partial charge in [0, 0.05) is 25.8 Å². The van der Waals surface area contributed by atoms with Gasteiger partial charge in [-0.05, 0) is 45.1 Å². The second kappa shape index (κ2) is 7.88. The van der Waals surface area contributed by atoms with Gasteiger partial charge >= 0.3 is 0 Å². The Morgan fingerprint density at radius 2 is 1.89 bits per heavy atom. The van der Waals surface area contributed by atoms with E-state index in [9.17, 15) is 8.42 Å². The summed E-state index contributed by atoms with van der Waals surface area (Å²) in [7, 11) is -3.74. The molecule has 1 fully saturated rings. The molecule has 1 N–H and O–H groups in total. The molecule has 0 spiro atoms. The number of pyridine rings is 1. The van der Waals surface area contributed by atoms with Crippen molar-refractivity contribution in [2.24, 2.45) is 5.92 Å². The summed E-state index contributed by atoms with van der Waals surface area (Å²) >= 11 is 0. The van der Waals surface area contributed by atoms with Gasteiger partial charge in [0.25, 0.3) is 10.0 Å². The Balaban J connectivity index is 1.93. The predicted molar refractivity (Wildman–Crippen MR) is 108 cm³/mol. The van der Waals surface area contributed by atoms with Gasteiger partial charge in [-0.1, -0.05) is 13.8 Å². The molecule has 0 aliphatic carbocycles. The summed E-state index contributed by atoms with van der Waals surface area (Å²) in [5.74, 6) is 0.386. The SMILES string of the molecule is Cc1nn(CC(C)C)c(C)c1S(=O)(=O)Nc1ccncc1N1CCCCC1. The number of nitrogens with one attached hydrogen (secondary N) is 1. The van der Waals surface area contributed by atoms with Crippen LogP contribution in [0.2, 0.25) is 0 Å². The maximum atomic E-state index is 13.2. The number of anilines is 2. The van der Waals surface area contributed by atoms with Crippen molar-refractivity contribution in [2.45, 2.75) is 58.4 Å². The Morgan fingerprint density at radius 1 is 1.19 bits per heavy atom. The third-order valence-corrected chi connectivity index (χ3v) is 6.48. The molecule has 1 saturated heterocycles. The van der Waals surface area contributed by atoms with Crippen molar-refractivity contribution in [3.05, 3.63) is 29.8 Å². The molecular formula is C19H29N5O2S. The Kier molecular flexibility index (Phi) is 5.74. The highest BCUT2D eigenvalue weighted by Gasteiger charge is 2.26. The minimum absolute atomic E-state index is 0.268. The smallest absolute Gasteiger partial charge is 0.265 e. The fourth-order valence-corrected chi connectivity index (χ4v) is 5.14. The molecule has 1 aliphatic rings. The normalized spacial score (nSPS) is 15.4. The molecule has 0 radical (unpaired) electrons. The molecule has 1 aliphatic heterocycles. The summed E-state index contributed by atoms with van der Waals surface area (Å²) in [6.45, 7) is 10.3. The molecule has 0 atom stereocenters. The first kappa shape index (κ1) is 19.7. The van der Waals surface area contributed by atoms with Crippen LogP contribution in [0.25, 0.3) is 0 Å². The Labute approximate surface area is 161 Å². The average molecular weight is 392 g/mol. The average Bonchev–Trinajstić information content (AvgIpc) is 2.89. The van der Waals surface area contributed by atoms with Crippen LogP contribution in [0.5, 0.6) is 0 Å². The minimum atomic E-state index is -3.74. The molecule has 3 heterocycles. The highest BCUT2D eigenvalue weighted by atomic mass is 32.2. The molecular weight excluding hydrogens is 362 g/mol. The largest absolute Gasteiger partial charge is 0.369 e. The first-order valence-corrected chi connectivity index (χ1v) is 11.0. The van der Waals surface area contributed by atoms with Crippen molar-refractivity contribution in [2.75, 3.05) is 22.7 Å².